The standard InChI is InChI=1S/C23H21N3O3/c1-14-21(13-29-25-14)17-7-8-20-18(12-17)9-10-26(23(20)28)15(2)16-5-4-6-19(11-16)22(27)24-3/h4-13,15H,1-3H3,(H,24,27). The van der Waals surface area contributed by atoms with Gasteiger partial charge in [0.05, 0.1) is 11.7 Å². The average Bonchev–Trinajstić information content (AvgIpc) is 3.18. The van der Waals surface area contributed by atoms with Gasteiger partial charge in [0, 0.05) is 29.8 Å². The molecule has 1 N–H and O–H groups in total. The lowest BCUT2D eigenvalue weighted by Gasteiger charge is -2.17. The summed E-state index contributed by atoms with van der Waals surface area (Å²) >= 11 is 0. The van der Waals surface area contributed by atoms with E-state index in [-0.39, 0.29) is 17.5 Å². The third-order valence-corrected chi connectivity index (χ3v) is 5.27. The molecule has 2 aromatic heterocycles. The molecule has 0 radical (unpaired) electrons. The maximum atomic E-state index is 13.1. The highest BCUT2D eigenvalue weighted by atomic mass is 16.5. The molecule has 0 spiro atoms. The zero-order chi connectivity index (χ0) is 20.5. The molecule has 0 bridgehead atoms. The van der Waals surface area contributed by atoms with E-state index in [4.69, 9.17) is 4.52 Å². The van der Waals surface area contributed by atoms with E-state index in [0.29, 0.717) is 10.9 Å². The Labute approximate surface area is 167 Å². The van der Waals surface area contributed by atoms with Crippen LogP contribution in [0.5, 0.6) is 0 Å². The number of rotatable bonds is 4. The van der Waals surface area contributed by atoms with Gasteiger partial charge in [0.25, 0.3) is 11.5 Å². The van der Waals surface area contributed by atoms with Gasteiger partial charge in [-0.05, 0) is 60.7 Å². The van der Waals surface area contributed by atoms with Crippen molar-refractivity contribution in [3.8, 4) is 11.1 Å². The van der Waals surface area contributed by atoms with Crippen LogP contribution in [0.1, 0.15) is 34.6 Å². The first kappa shape index (κ1) is 18.7. The van der Waals surface area contributed by atoms with Crippen LogP contribution in [-0.2, 0) is 0 Å². The molecule has 1 atom stereocenters. The molecule has 1 amide bonds. The van der Waals surface area contributed by atoms with Crippen LogP contribution in [0.4, 0.5) is 0 Å². The number of aryl methyl sites for hydroxylation is 1. The summed E-state index contributed by atoms with van der Waals surface area (Å²) in [5.74, 6) is -0.151. The lowest BCUT2D eigenvalue weighted by molar-refractivity contribution is 0.0963. The molecule has 1 unspecified atom stereocenters. The highest BCUT2D eigenvalue weighted by molar-refractivity contribution is 5.94. The van der Waals surface area contributed by atoms with Gasteiger partial charge < -0.3 is 14.4 Å². The van der Waals surface area contributed by atoms with Gasteiger partial charge in [0.1, 0.15) is 6.26 Å². The molecule has 2 aromatic carbocycles. The number of pyridine rings is 1. The largest absolute Gasteiger partial charge is 0.364 e. The van der Waals surface area contributed by atoms with E-state index in [0.717, 1.165) is 27.8 Å². The lowest BCUT2D eigenvalue weighted by Crippen LogP contribution is -2.24. The number of benzene rings is 2. The average molecular weight is 387 g/mol. The summed E-state index contributed by atoms with van der Waals surface area (Å²) in [4.78, 5) is 25.1. The quantitative estimate of drug-likeness (QED) is 0.575. The molecule has 0 aliphatic carbocycles. The number of amides is 1. The second-order valence-electron chi connectivity index (χ2n) is 7.02. The Bertz CT molecular complexity index is 1270. The van der Waals surface area contributed by atoms with Gasteiger partial charge in [-0.15, -0.1) is 0 Å². The Morgan fingerprint density at radius 3 is 2.72 bits per heavy atom. The minimum Gasteiger partial charge on any atom is -0.364 e. The van der Waals surface area contributed by atoms with E-state index in [9.17, 15) is 9.59 Å². The van der Waals surface area contributed by atoms with Crippen molar-refractivity contribution < 1.29 is 9.32 Å². The summed E-state index contributed by atoms with van der Waals surface area (Å²) in [5, 5.41) is 8.04. The summed E-state index contributed by atoms with van der Waals surface area (Å²) < 4.78 is 6.72. The van der Waals surface area contributed by atoms with Gasteiger partial charge in [-0.1, -0.05) is 23.4 Å². The van der Waals surface area contributed by atoms with Crippen molar-refractivity contribution in [1.82, 2.24) is 15.0 Å². The van der Waals surface area contributed by atoms with Crippen LogP contribution in [0.25, 0.3) is 21.9 Å². The Morgan fingerprint density at radius 2 is 2.00 bits per heavy atom. The molecular formula is C23H21N3O3. The Balaban J connectivity index is 1.75. The lowest BCUT2D eigenvalue weighted by atomic mass is 10.0. The van der Waals surface area contributed by atoms with Gasteiger partial charge >= 0.3 is 0 Å². The number of nitrogens with zero attached hydrogens (tertiary/aromatic N) is 2. The maximum absolute atomic E-state index is 13.1. The van der Waals surface area contributed by atoms with Crippen molar-refractivity contribution in [2.45, 2.75) is 19.9 Å². The van der Waals surface area contributed by atoms with Crippen LogP contribution in [0.2, 0.25) is 0 Å². The topological polar surface area (TPSA) is 77.1 Å². The zero-order valence-electron chi connectivity index (χ0n) is 16.5. The maximum Gasteiger partial charge on any atom is 0.258 e. The molecule has 0 aliphatic rings. The van der Waals surface area contributed by atoms with Gasteiger partial charge in [-0.2, -0.15) is 0 Å². The van der Waals surface area contributed by atoms with Crippen molar-refractivity contribution in [1.29, 1.82) is 0 Å². The zero-order valence-corrected chi connectivity index (χ0v) is 16.5. The molecule has 0 fully saturated rings. The first-order chi connectivity index (χ1) is 14.0. The van der Waals surface area contributed by atoms with Crippen molar-refractivity contribution in [2.75, 3.05) is 7.05 Å². The number of hydrogen-bond donors (Lipinski definition) is 1. The third kappa shape index (κ3) is 3.33. The van der Waals surface area contributed by atoms with Gasteiger partial charge in [0.15, 0.2) is 0 Å². The highest BCUT2D eigenvalue weighted by Gasteiger charge is 2.14. The summed E-state index contributed by atoms with van der Waals surface area (Å²) in [6.45, 7) is 3.83. The van der Waals surface area contributed by atoms with Crippen molar-refractivity contribution in [3.63, 3.8) is 0 Å². The fourth-order valence-electron chi connectivity index (χ4n) is 3.55. The molecule has 6 heteroatoms. The second kappa shape index (κ2) is 7.39. The Hall–Kier alpha value is -3.67. The van der Waals surface area contributed by atoms with Gasteiger partial charge in [-0.3, -0.25) is 9.59 Å². The number of carbonyl (C=O) groups excluding carboxylic acids is 1. The van der Waals surface area contributed by atoms with Gasteiger partial charge in [-0.25, -0.2) is 0 Å². The fourth-order valence-corrected chi connectivity index (χ4v) is 3.55. The van der Waals surface area contributed by atoms with Crippen molar-refractivity contribution in [2.24, 2.45) is 0 Å². The SMILES string of the molecule is CNC(=O)c1cccc(C(C)n2ccc3cc(-c4conc4C)ccc3c2=O)c1. The van der Waals surface area contributed by atoms with Crippen molar-refractivity contribution >= 4 is 16.7 Å². The summed E-state index contributed by atoms with van der Waals surface area (Å²) in [6.07, 6.45) is 3.41. The van der Waals surface area contributed by atoms with E-state index in [1.807, 2.05) is 56.3 Å². The van der Waals surface area contributed by atoms with Crippen LogP contribution in [0, 0.1) is 6.92 Å². The van der Waals surface area contributed by atoms with Crippen LogP contribution in [0.3, 0.4) is 0 Å². The van der Waals surface area contributed by atoms with E-state index in [2.05, 4.69) is 10.5 Å². The van der Waals surface area contributed by atoms with Gasteiger partial charge in [0.2, 0.25) is 0 Å². The minimum absolute atomic E-state index is 0.0751. The molecule has 0 aliphatic heterocycles. The van der Waals surface area contributed by atoms with Crippen LogP contribution in [0.15, 0.2) is 70.3 Å². The molecule has 2 heterocycles. The van der Waals surface area contributed by atoms with Crippen LogP contribution < -0.4 is 10.9 Å². The normalized spacial score (nSPS) is 12.1. The molecule has 4 aromatic rings. The molecule has 6 nitrogen and oxygen atoms in total. The first-order valence-corrected chi connectivity index (χ1v) is 9.38. The van der Waals surface area contributed by atoms with Crippen LogP contribution >= 0.6 is 0 Å². The Morgan fingerprint density at radius 1 is 1.17 bits per heavy atom. The molecule has 29 heavy (non-hydrogen) atoms. The highest BCUT2D eigenvalue weighted by Crippen LogP contribution is 2.26. The van der Waals surface area contributed by atoms with Crippen LogP contribution in [-0.4, -0.2) is 22.7 Å². The summed E-state index contributed by atoms with van der Waals surface area (Å²) in [6, 6.07) is 14.8. The van der Waals surface area contributed by atoms with Crippen molar-refractivity contribution in [3.05, 3.63) is 88.2 Å². The van der Waals surface area contributed by atoms with E-state index >= 15 is 0 Å². The number of nitrogens with one attached hydrogen (secondary N) is 1. The van der Waals surface area contributed by atoms with E-state index in [1.54, 1.807) is 30.1 Å². The molecule has 146 valence electrons. The summed E-state index contributed by atoms with van der Waals surface area (Å²) in [7, 11) is 1.60. The molecule has 4 rings (SSSR count). The van der Waals surface area contributed by atoms with E-state index < -0.39 is 0 Å². The third-order valence-electron chi connectivity index (χ3n) is 5.27. The van der Waals surface area contributed by atoms with E-state index in [1.165, 1.54) is 0 Å². The number of carbonyl (C=O) groups is 1. The summed E-state index contributed by atoms with van der Waals surface area (Å²) in [5.41, 5.74) is 4.06. The second-order valence-corrected chi connectivity index (χ2v) is 7.02. The monoisotopic (exact) mass is 387 g/mol. The predicted molar refractivity (Wildman–Crippen MR) is 112 cm³/mol. The molecular weight excluding hydrogens is 366 g/mol. The minimum atomic E-state index is -0.212. The smallest absolute Gasteiger partial charge is 0.258 e. The molecule has 0 saturated carbocycles. The fraction of sp³-hybridized carbons (Fsp3) is 0.174. The predicted octanol–water partition coefficient (Wildman–Crippen LogP) is 3.93. The first-order valence-electron chi connectivity index (χ1n) is 9.38. The number of fused-ring (bicyclic) bond motifs is 1. The number of aromatic nitrogens is 2. The molecule has 0 saturated heterocycles. The Kier molecular flexibility index (Phi) is 4.76. The number of hydrogen-bond acceptors (Lipinski definition) is 4.